The molecule has 1 aromatic heterocycles. The molecular formula is C9H5F6NO4. The summed E-state index contributed by atoms with van der Waals surface area (Å²) in [5.41, 5.74) is -4.53. The fourth-order valence-corrected chi connectivity index (χ4v) is 1.28. The normalized spacial score (nSPS) is 12.3. The number of aromatic amines is 1. The lowest BCUT2D eigenvalue weighted by Crippen LogP contribution is -2.27. The molecule has 0 fully saturated rings. The highest BCUT2D eigenvalue weighted by Crippen LogP contribution is 2.35. The van der Waals surface area contributed by atoms with Crippen molar-refractivity contribution in [2.24, 2.45) is 0 Å². The molecule has 1 aromatic rings. The van der Waals surface area contributed by atoms with Crippen LogP contribution in [0.25, 0.3) is 0 Å². The Morgan fingerprint density at radius 3 is 2.20 bits per heavy atom. The summed E-state index contributed by atoms with van der Waals surface area (Å²) in [5.74, 6) is -3.56. The van der Waals surface area contributed by atoms with Crippen molar-refractivity contribution in [3.05, 3.63) is 27.7 Å². The number of carboxylic acid groups (broad SMARTS) is 1. The first-order valence-electron chi connectivity index (χ1n) is 4.71. The van der Waals surface area contributed by atoms with Crippen molar-refractivity contribution in [3.63, 3.8) is 0 Å². The Bertz CT molecular complexity index is 573. The fraction of sp³-hybridized carbons (Fsp3) is 0.333. The number of aliphatic carboxylic acids is 1. The first-order valence-corrected chi connectivity index (χ1v) is 4.71. The predicted molar refractivity (Wildman–Crippen MR) is 50.1 cm³/mol. The second-order valence-electron chi connectivity index (χ2n) is 3.48. The third-order valence-electron chi connectivity index (χ3n) is 1.88. The van der Waals surface area contributed by atoms with Gasteiger partial charge in [-0.25, -0.2) is 0 Å². The van der Waals surface area contributed by atoms with E-state index >= 15 is 0 Å². The van der Waals surface area contributed by atoms with Crippen molar-refractivity contribution in [2.45, 2.75) is 19.0 Å². The van der Waals surface area contributed by atoms with Gasteiger partial charge in [0.15, 0.2) is 5.69 Å². The number of ether oxygens (including phenoxy) is 1. The summed E-state index contributed by atoms with van der Waals surface area (Å²) in [6.07, 6.45) is -11.8. The van der Waals surface area contributed by atoms with Gasteiger partial charge in [-0.1, -0.05) is 0 Å². The smallest absolute Gasteiger partial charge is 0.481 e. The SMILES string of the molecule is O=C(O)Cc1cc(=O)c(OC(F)(F)F)c(C(F)(F)F)[nH]1. The lowest BCUT2D eigenvalue weighted by Gasteiger charge is -2.15. The first-order chi connectivity index (χ1) is 8.90. The number of alkyl halides is 6. The van der Waals surface area contributed by atoms with Crippen LogP contribution in [0.5, 0.6) is 5.75 Å². The van der Waals surface area contributed by atoms with Crippen LogP contribution in [0.3, 0.4) is 0 Å². The Kier molecular flexibility index (Phi) is 4.01. The molecule has 0 aliphatic rings. The summed E-state index contributed by atoms with van der Waals surface area (Å²) in [6, 6.07) is 0.296. The number of rotatable bonds is 3. The summed E-state index contributed by atoms with van der Waals surface area (Å²) in [4.78, 5) is 23.0. The highest BCUT2D eigenvalue weighted by Gasteiger charge is 2.42. The molecule has 112 valence electrons. The van der Waals surface area contributed by atoms with E-state index in [4.69, 9.17) is 5.11 Å². The number of carboxylic acids is 1. The quantitative estimate of drug-likeness (QED) is 0.836. The van der Waals surface area contributed by atoms with Gasteiger partial charge in [0.25, 0.3) is 0 Å². The highest BCUT2D eigenvalue weighted by atomic mass is 19.4. The number of carbonyl (C=O) groups is 1. The Hall–Kier alpha value is -2.20. The topological polar surface area (TPSA) is 79.4 Å². The van der Waals surface area contributed by atoms with Gasteiger partial charge in [0, 0.05) is 11.8 Å². The van der Waals surface area contributed by atoms with Gasteiger partial charge >= 0.3 is 18.5 Å². The van der Waals surface area contributed by atoms with Gasteiger partial charge in [-0.05, 0) is 0 Å². The number of hydrogen-bond acceptors (Lipinski definition) is 3. The van der Waals surface area contributed by atoms with Crippen molar-refractivity contribution < 1.29 is 41.0 Å². The van der Waals surface area contributed by atoms with E-state index in [1.54, 1.807) is 0 Å². The molecule has 0 saturated heterocycles. The van der Waals surface area contributed by atoms with Gasteiger partial charge in [-0.2, -0.15) is 13.2 Å². The van der Waals surface area contributed by atoms with Crippen LogP contribution in [0.4, 0.5) is 26.3 Å². The Morgan fingerprint density at radius 2 is 1.80 bits per heavy atom. The maximum absolute atomic E-state index is 12.6. The van der Waals surface area contributed by atoms with Gasteiger partial charge in [-0.15, -0.1) is 13.2 Å². The van der Waals surface area contributed by atoms with Gasteiger partial charge in [0.1, 0.15) is 0 Å². The van der Waals surface area contributed by atoms with E-state index in [9.17, 15) is 35.9 Å². The van der Waals surface area contributed by atoms with Gasteiger partial charge in [0.05, 0.1) is 6.42 Å². The molecule has 0 aliphatic carbocycles. The van der Waals surface area contributed by atoms with Crippen LogP contribution in [-0.2, 0) is 17.4 Å². The summed E-state index contributed by atoms with van der Waals surface area (Å²) in [6.45, 7) is 0. The van der Waals surface area contributed by atoms with E-state index in [2.05, 4.69) is 4.74 Å². The van der Waals surface area contributed by atoms with Crippen molar-refractivity contribution in [2.75, 3.05) is 0 Å². The first kappa shape index (κ1) is 15.9. The van der Waals surface area contributed by atoms with Crippen LogP contribution in [0.2, 0.25) is 0 Å². The molecule has 0 amide bonds. The molecule has 1 rings (SSSR count). The number of H-pyrrole nitrogens is 1. The minimum atomic E-state index is -5.50. The van der Waals surface area contributed by atoms with Crippen LogP contribution in [-0.4, -0.2) is 22.4 Å². The zero-order chi connectivity index (χ0) is 15.7. The van der Waals surface area contributed by atoms with Crippen LogP contribution >= 0.6 is 0 Å². The third kappa shape index (κ3) is 4.17. The standard InChI is InChI=1S/C9H5F6NO4/c10-8(11,12)7-6(20-9(13,14)15)4(17)1-3(16-7)2-5(18)19/h1H,2H2,(H,16,17)(H,18,19). The Morgan fingerprint density at radius 1 is 1.25 bits per heavy atom. The summed E-state index contributed by atoms with van der Waals surface area (Å²) >= 11 is 0. The maximum atomic E-state index is 12.6. The van der Waals surface area contributed by atoms with E-state index in [-0.39, 0.29) is 0 Å². The van der Waals surface area contributed by atoms with Crippen LogP contribution in [0, 0.1) is 0 Å². The Labute approximate surface area is 105 Å². The number of aromatic nitrogens is 1. The lowest BCUT2D eigenvalue weighted by molar-refractivity contribution is -0.277. The molecule has 0 bridgehead atoms. The molecule has 5 nitrogen and oxygen atoms in total. The van der Waals surface area contributed by atoms with E-state index in [0.29, 0.717) is 6.07 Å². The molecule has 0 atom stereocenters. The predicted octanol–water partition coefficient (Wildman–Crippen LogP) is 1.92. The second kappa shape index (κ2) is 5.06. The zero-order valence-corrected chi connectivity index (χ0v) is 9.22. The third-order valence-corrected chi connectivity index (χ3v) is 1.88. The largest absolute Gasteiger partial charge is 0.573 e. The van der Waals surface area contributed by atoms with Crippen molar-refractivity contribution >= 4 is 5.97 Å². The molecule has 20 heavy (non-hydrogen) atoms. The summed E-state index contributed by atoms with van der Waals surface area (Å²) in [5, 5.41) is 8.39. The van der Waals surface area contributed by atoms with E-state index in [1.165, 1.54) is 4.98 Å². The number of pyridine rings is 1. The molecule has 11 heteroatoms. The average Bonchev–Trinajstić information content (AvgIpc) is 2.17. The lowest BCUT2D eigenvalue weighted by atomic mass is 10.2. The van der Waals surface area contributed by atoms with Crippen LogP contribution in [0.1, 0.15) is 11.4 Å². The zero-order valence-electron chi connectivity index (χ0n) is 9.22. The van der Waals surface area contributed by atoms with Gasteiger partial charge < -0.3 is 14.8 Å². The maximum Gasteiger partial charge on any atom is 0.573 e. The molecule has 0 saturated carbocycles. The molecular weight excluding hydrogens is 300 g/mol. The molecule has 0 unspecified atom stereocenters. The molecule has 0 radical (unpaired) electrons. The molecule has 0 aromatic carbocycles. The van der Waals surface area contributed by atoms with E-state index in [1.807, 2.05) is 0 Å². The van der Waals surface area contributed by atoms with Crippen molar-refractivity contribution in [1.29, 1.82) is 0 Å². The molecule has 1 heterocycles. The van der Waals surface area contributed by atoms with E-state index in [0.717, 1.165) is 0 Å². The van der Waals surface area contributed by atoms with Gasteiger partial charge in [-0.3, -0.25) is 9.59 Å². The highest BCUT2D eigenvalue weighted by molar-refractivity contribution is 5.69. The summed E-state index contributed by atoms with van der Waals surface area (Å²) < 4.78 is 76.6. The minimum Gasteiger partial charge on any atom is -0.481 e. The molecule has 0 spiro atoms. The Balaban J connectivity index is 3.43. The van der Waals surface area contributed by atoms with Crippen LogP contribution in [0.15, 0.2) is 10.9 Å². The monoisotopic (exact) mass is 305 g/mol. The van der Waals surface area contributed by atoms with E-state index < -0.39 is 47.5 Å². The summed E-state index contributed by atoms with van der Waals surface area (Å²) in [7, 11) is 0. The fourth-order valence-electron chi connectivity index (χ4n) is 1.28. The average molecular weight is 305 g/mol. The molecule has 0 aliphatic heterocycles. The number of hydrogen-bond donors (Lipinski definition) is 2. The number of nitrogens with one attached hydrogen (secondary N) is 1. The minimum absolute atomic E-state index is 0.296. The number of halogens is 6. The van der Waals surface area contributed by atoms with Crippen molar-refractivity contribution in [1.82, 2.24) is 4.98 Å². The van der Waals surface area contributed by atoms with Gasteiger partial charge in [0.2, 0.25) is 11.2 Å². The second-order valence-corrected chi connectivity index (χ2v) is 3.48. The molecule has 2 N–H and O–H groups in total. The van der Waals surface area contributed by atoms with Crippen molar-refractivity contribution in [3.8, 4) is 5.75 Å². The van der Waals surface area contributed by atoms with Crippen LogP contribution < -0.4 is 10.2 Å².